The summed E-state index contributed by atoms with van der Waals surface area (Å²) in [5, 5.41) is 4.39. The molecule has 0 saturated carbocycles. The molecule has 2 N–H and O–H groups in total. The number of aryl methyl sites for hydroxylation is 1. The van der Waals surface area contributed by atoms with E-state index in [0.29, 0.717) is 0 Å². The van der Waals surface area contributed by atoms with Crippen LogP contribution >= 0.6 is 0 Å². The third-order valence-corrected chi connectivity index (χ3v) is 5.51. The monoisotopic (exact) mass is 367 g/mol. The lowest BCUT2D eigenvalue weighted by atomic mass is 10.1. The molecule has 0 aliphatic carbocycles. The van der Waals surface area contributed by atoms with Crippen LogP contribution in [0.15, 0.2) is 72.3 Å². The van der Waals surface area contributed by atoms with Gasteiger partial charge in [0.1, 0.15) is 0 Å². The summed E-state index contributed by atoms with van der Waals surface area (Å²) in [5.41, 5.74) is 3.90. The predicted octanol–water partition coefficient (Wildman–Crippen LogP) is 4.01. The molecule has 134 valence electrons. The molecule has 5 nitrogen and oxygen atoms in total. The highest BCUT2D eigenvalue weighted by atomic mass is 32.2. The topological polar surface area (TPSA) is 71.1 Å². The fourth-order valence-corrected chi connectivity index (χ4v) is 3.65. The number of hydrogen-bond acceptors (Lipinski definition) is 4. The first kappa shape index (κ1) is 18.1. The van der Waals surface area contributed by atoms with Crippen LogP contribution in [0.2, 0.25) is 0 Å². The Balaban J connectivity index is 1.88. The Morgan fingerprint density at radius 2 is 1.88 bits per heavy atom. The molecular weight excluding hydrogens is 346 g/mol. The molecule has 2 aromatic carbocycles. The first-order valence-corrected chi connectivity index (χ1v) is 9.87. The number of pyridine rings is 1. The van der Waals surface area contributed by atoms with Crippen molar-refractivity contribution < 1.29 is 8.42 Å². The van der Waals surface area contributed by atoms with Gasteiger partial charge >= 0.3 is 0 Å². The van der Waals surface area contributed by atoms with Gasteiger partial charge in [0.2, 0.25) is 10.0 Å². The molecule has 0 saturated heterocycles. The lowest BCUT2D eigenvalue weighted by Crippen LogP contribution is -2.23. The van der Waals surface area contributed by atoms with Crippen LogP contribution in [0, 0.1) is 0 Å². The van der Waals surface area contributed by atoms with Crippen molar-refractivity contribution in [1.29, 1.82) is 0 Å². The Morgan fingerprint density at radius 3 is 2.58 bits per heavy atom. The van der Waals surface area contributed by atoms with Crippen molar-refractivity contribution in [1.82, 2.24) is 9.71 Å². The van der Waals surface area contributed by atoms with Crippen LogP contribution in [0.1, 0.15) is 12.5 Å². The molecule has 0 radical (unpaired) electrons. The molecule has 3 aromatic rings. The van der Waals surface area contributed by atoms with E-state index in [-0.39, 0.29) is 11.4 Å². The summed E-state index contributed by atoms with van der Waals surface area (Å²) in [7, 11) is -3.51. The SMILES string of the molecule is C=CCNS(=O)(=O)c1ccc(Nc2ccnc3ccc(CC)cc23)cc1. The quantitative estimate of drug-likeness (QED) is 0.619. The maximum absolute atomic E-state index is 12.1. The van der Waals surface area contributed by atoms with E-state index >= 15 is 0 Å². The van der Waals surface area contributed by atoms with Crippen molar-refractivity contribution >= 4 is 32.3 Å². The van der Waals surface area contributed by atoms with Gasteiger partial charge in [0.15, 0.2) is 0 Å². The maximum Gasteiger partial charge on any atom is 0.240 e. The van der Waals surface area contributed by atoms with Crippen LogP contribution < -0.4 is 10.0 Å². The molecule has 0 atom stereocenters. The van der Waals surface area contributed by atoms with Crippen LogP contribution in [-0.4, -0.2) is 19.9 Å². The zero-order valence-corrected chi connectivity index (χ0v) is 15.4. The summed E-state index contributed by atoms with van der Waals surface area (Å²) in [6.45, 7) is 5.83. The molecule has 0 fully saturated rings. The molecule has 0 unspecified atom stereocenters. The minimum absolute atomic E-state index is 0.200. The number of aromatic nitrogens is 1. The average Bonchev–Trinajstić information content (AvgIpc) is 2.67. The molecule has 0 amide bonds. The van der Waals surface area contributed by atoms with Gasteiger partial charge in [-0.05, 0) is 54.4 Å². The molecule has 26 heavy (non-hydrogen) atoms. The van der Waals surface area contributed by atoms with Crippen LogP contribution in [0.3, 0.4) is 0 Å². The number of anilines is 2. The van der Waals surface area contributed by atoms with Gasteiger partial charge in [-0.2, -0.15) is 0 Å². The number of sulfonamides is 1. The number of nitrogens with zero attached hydrogens (tertiary/aromatic N) is 1. The molecule has 3 rings (SSSR count). The third kappa shape index (κ3) is 3.92. The predicted molar refractivity (Wildman–Crippen MR) is 106 cm³/mol. The molecule has 0 spiro atoms. The first-order chi connectivity index (χ1) is 12.5. The molecular formula is C20H21N3O2S. The van der Waals surface area contributed by atoms with E-state index in [9.17, 15) is 8.42 Å². The smallest absolute Gasteiger partial charge is 0.240 e. The van der Waals surface area contributed by atoms with Crippen molar-refractivity contribution in [2.75, 3.05) is 11.9 Å². The van der Waals surface area contributed by atoms with Crippen molar-refractivity contribution in [3.63, 3.8) is 0 Å². The van der Waals surface area contributed by atoms with Gasteiger partial charge in [-0.1, -0.05) is 19.1 Å². The average molecular weight is 367 g/mol. The lowest BCUT2D eigenvalue weighted by molar-refractivity contribution is 0.585. The summed E-state index contributed by atoms with van der Waals surface area (Å²) >= 11 is 0. The summed E-state index contributed by atoms with van der Waals surface area (Å²) in [4.78, 5) is 4.62. The molecule has 1 aromatic heterocycles. The van der Waals surface area contributed by atoms with Crippen molar-refractivity contribution in [3.8, 4) is 0 Å². The minimum atomic E-state index is -3.51. The van der Waals surface area contributed by atoms with E-state index in [1.807, 2.05) is 12.1 Å². The number of fused-ring (bicyclic) bond motifs is 1. The van der Waals surface area contributed by atoms with Gasteiger partial charge in [-0.15, -0.1) is 6.58 Å². The highest BCUT2D eigenvalue weighted by Gasteiger charge is 2.12. The second-order valence-electron chi connectivity index (χ2n) is 5.85. The van der Waals surface area contributed by atoms with Gasteiger partial charge in [0.25, 0.3) is 0 Å². The zero-order chi connectivity index (χ0) is 18.6. The van der Waals surface area contributed by atoms with E-state index in [1.165, 1.54) is 11.6 Å². The second-order valence-corrected chi connectivity index (χ2v) is 7.62. The van der Waals surface area contributed by atoms with Crippen molar-refractivity contribution in [2.24, 2.45) is 0 Å². The largest absolute Gasteiger partial charge is 0.355 e. The summed E-state index contributed by atoms with van der Waals surface area (Å²) < 4.78 is 26.7. The van der Waals surface area contributed by atoms with E-state index in [1.54, 1.807) is 30.5 Å². The van der Waals surface area contributed by atoms with Gasteiger partial charge in [0.05, 0.1) is 10.4 Å². The molecule has 1 heterocycles. The maximum atomic E-state index is 12.1. The van der Waals surface area contributed by atoms with Gasteiger partial charge in [-0.3, -0.25) is 4.98 Å². The fourth-order valence-electron chi connectivity index (χ4n) is 2.65. The highest BCUT2D eigenvalue weighted by molar-refractivity contribution is 7.89. The molecule has 0 aliphatic rings. The van der Waals surface area contributed by atoms with Gasteiger partial charge in [-0.25, -0.2) is 13.1 Å². The summed E-state index contributed by atoms with van der Waals surface area (Å²) in [6.07, 6.45) is 4.22. The van der Waals surface area contributed by atoms with Crippen LogP contribution in [0.4, 0.5) is 11.4 Å². The van der Waals surface area contributed by atoms with E-state index < -0.39 is 10.0 Å². The van der Waals surface area contributed by atoms with Crippen molar-refractivity contribution in [3.05, 3.63) is 72.9 Å². The number of nitrogens with one attached hydrogen (secondary N) is 2. The Hall–Kier alpha value is -2.70. The van der Waals surface area contributed by atoms with Gasteiger partial charge < -0.3 is 5.32 Å². The number of rotatable bonds is 7. The number of benzene rings is 2. The van der Waals surface area contributed by atoms with E-state index in [0.717, 1.165) is 28.7 Å². The highest BCUT2D eigenvalue weighted by Crippen LogP contribution is 2.26. The molecule has 0 bridgehead atoms. The summed E-state index contributed by atoms with van der Waals surface area (Å²) in [6, 6.07) is 14.8. The van der Waals surface area contributed by atoms with Crippen LogP contribution in [-0.2, 0) is 16.4 Å². The number of hydrogen-bond donors (Lipinski definition) is 2. The normalized spacial score (nSPS) is 11.4. The fraction of sp³-hybridized carbons (Fsp3) is 0.150. The molecule has 6 heteroatoms. The Labute approximate surface area is 153 Å². The zero-order valence-electron chi connectivity index (χ0n) is 14.6. The van der Waals surface area contributed by atoms with E-state index in [4.69, 9.17) is 0 Å². The third-order valence-electron chi connectivity index (χ3n) is 4.08. The Bertz CT molecular complexity index is 1030. The van der Waals surface area contributed by atoms with E-state index in [2.05, 4.69) is 40.7 Å². The molecule has 0 aliphatic heterocycles. The van der Waals surface area contributed by atoms with Crippen LogP contribution in [0.5, 0.6) is 0 Å². The van der Waals surface area contributed by atoms with Gasteiger partial charge in [0, 0.05) is 29.5 Å². The first-order valence-electron chi connectivity index (χ1n) is 8.39. The Kier molecular flexibility index (Phi) is 5.35. The standard InChI is InChI=1S/C20H21N3O2S/c1-3-12-22-26(24,25)17-8-6-16(7-9-17)23-20-11-13-21-19-10-5-15(4-2)14-18(19)20/h3,5-11,13-14,22H,1,4,12H2,2H3,(H,21,23). The Morgan fingerprint density at radius 1 is 1.12 bits per heavy atom. The van der Waals surface area contributed by atoms with Crippen molar-refractivity contribution in [2.45, 2.75) is 18.2 Å². The minimum Gasteiger partial charge on any atom is -0.355 e. The lowest BCUT2D eigenvalue weighted by Gasteiger charge is -2.11. The summed E-state index contributed by atoms with van der Waals surface area (Å²) in [5.74, 6) is 0. The van der Waals surface area contributed by atoms with Crippen LogP contribution in [0.25, 0.3) is 10.9 Å². The second kappa shape index (κ2) is 7.68.